The molecule has 0 spiro atoms. The van der Waals surface area contributed by atoms with Crippen LogP contribution in [0.25, 0.3) is 11.3 Å². The molecule has 2 aromatic carbocycles. The van der Waals surface area contributed by atoms with Gasteiger partial charge in [0, 0.05) is 50.0 Å². The van der Waals surface area contributed by atoms with Crippen LogP contribution < -0.4 is 9.80 Å². The minimum Gasteiger partial charge on any atom is -0.354 e. The van der Waals surface area contributed by atoms with Gasteiger partial charge in [-0.1, -0.05) is 30.3 Å². The molecule has 0 saturated carbocycles. The van der Waals surface area contributed by atoms with Gasteiger partial charge in [-0.15, -0.1) is 0 Å². The van der Waals surface area contributed by atoms with Crippen molar-refractivity contribution in [3.05, 3.63) is 66.5 Å². The number of carbonyl (C=O) groups excluding carboxylic acids is 1. The largest absolute Gasteiger partial charge is 0.471 e. The van der Waals surface area contributed by atoms with Crippen molar-refractivity contribution in [1.29, 1.82) is 0 Å². The Morgan fingerprint density at radius 1 is 0.889 bits per heavy atom. The summed E-state index contributed by atoms with van der Waals surface area (Å²) in [5.74, 6) is -1.25. The Labute approximate surface area is 206 Å². The molecule has 0 N–H and O–H groups in total. The SMILES string of the molecule is O=C(N1CCc2cc(S(=O)(=O)N3CCN(c4cc(-c5ccccc5)ncn4)CC3)ccc21)C(F)(F)F. The molecule has 5 rings (SSSR count). The third kappa shape index (κ3) is 4.53. The number of hydrogen-bond donors (Lipinski definition) is 0. The molecule has 1 fully saturated rings. The maximum atomic E-state index is 13.3. The predicted molar refractivity (Wildman–Crippen MR) is 127 cm³/mol. The molecule has 0 bridgehead atoms. The summed E-state index contributed by atoms with van der Waals surface area (Å²) in [6.45, 7) is 1.15. The van der Waals surface area contributed by atoms with Crippen molar-refractivity contribution in [3.63, 3.8) is 0 Å². The summed E-state index contributed by atoms with van der Waals surface area (Å²) in [6.07, 6.45) is -3.35. The van der Waals surface area contributed by atoms with Crippen molar-refractivity contribution < 1.29 is 26.4 Å². The summed E-state index contributed by atoms with van der Waals surface area (Å²) in [5.41, 5.74) is 2.22. The van der Waals surface area contributed by atoms with Gasteiger partial charge >= 0.3 is 12.1 Å². The van der Waals surface area contributed by atoms with Crippen LogP contribution in [-0.2, 0) is 21.2 Å². The number of halogens is 3. The molecule has 0 aliphatic carbocycles. The van der Waals surface area contributed by atoms with Gasteiger partial charge in [0.1, 0.15) is 12.1 Å². The number of aromatic nitrogens is 2. The Kier molecular flexibility index (Phi) is 6.17. The number of amides is 1. The number of rotatable bonds is 4. The summed E-state index contributed by atoms with van der Waals surface area (Å²) in [6, 6.07) is 15.4. The monoisotopic (exact) mass is 517 g/mol. The van der Waals surface area contributed by atoms with Gasteiger partial charge < -0.3 is 9.80 Å². The average molecular weight is 518 g/mol. The minimum absolute atomic E-state index is 0.00408. The molecule has 1 saturated heterocycles. The van der Waals surface area contributed by atoms with Gasteiger partial charge in [0.2, 0.25) is 10.0 Å². The molecule has 0 unspecified atom stereocenters. The minimum atomic E-state index is -4.99. The Bertz CT molecular complexity index is 1390. The van der Waals surface area contributed by atoms with Crippen LogP contribution in [-0.4, -0.2) is 67.5 Å². The number of fused-ring (bicyclic) bond motifs is 1. The van der Waals surface area contributed by atoms with Crippen LogP contribution in [0.1, 0.15) is 5.56 Å². The number of nitrogens with zero attached hydrogens (tertiary/aromatic N) is 5. The predicted octanol–water partition coefficient (Wildman–Crippen LogP) is 3.11. The van der Waals surface area contributed by atoms with E-state index in [2.05, 4.69) is 9.97 Å². The lowest BCUT2D eigenvalue weighted by molar-refractivity contribution is -0.170. The molecule has 12 heteroatoms. The first kappa shape index (κ1) is 24.2. The highest BCUT2D eigenvalue weighted by molar-refractivity contribution is 7.89. The van der Waals surface area contributed by atoms with E-state index in [4.69, 9.17) is 0 Å². The second kappa shape index (κ2) is 9.17. The first-order valence-electron chi connectivity index (χ1n) is 11.3. The summed E-state index contributed by atoms with van der Waals surface area (Å²) in [5, 5.41) is 0. The fourth-order valence-electron chi connectivity index (χ4n) is 4.50. The molecule has 1 amide bonds. The molecule has 0 atom stereocenters. The maximum absolute atomic E-state index is 13.3. The molecule has 1 aromatic heterocycles. The van der Waals surface area contributed by atoms with E-state index in [0.717, 1.165) is 11.3 Å². The van der Waals surface area contributed by atoms with Crippen molar-refractivity contribution in [2.75, 3.05) is 42.5 Å². The Morgan fingerprint density at radius 3 is 2.31 bits per heavy atom. The van der Waals surface area contributed by atoms with Gasteiger partial charge in [0.05, 0.1) is 10.6 Å². The molecule has 188 valence electrons. The normalized spacial score (nSPS) is 16.8. The molecular formula is C24H22F3N5O3S. The van der Waals surface area contributed by atoms with E-state index in [0.29, 0.717) is 29.4 Å². The smallest absolute Gasteiger partial charge is 0.354 e. The highest BCUT2D eigenvalue weighted by atomic mass is 32.2. The van der Waals surface area contributed by atoms with Gasteiger partial charge in [0.25, 0.3) is 0 Å². The average Bonchev–Trinajstić information content (AvgIpc) is 3.31. The molecule has 8 nitrogen and oxygen atoms in total. The molecule has 3 heterocycles. The van der Waals surface area contributed by atoms with Crippen LogP contribution in [0.4, 0.5) is 24.7 Å². The molecule has 2 aliphatic heterocycles. The summed E-state index contributed by atoms with van der Waals surface area (Å²) in [7, 11) is -3.86. The number of piperazine rings is 1. The van der Waals surface area contributed by atoms with Crippen molar-refractivity contribution in [2.45, 2.75) is 17.5 Å². The second-order valence-corrected chi connectivity index (χ2v) is 10.5. The number of sulfonamides is 1. The topological polar surface area (TPSA) is 86.7 Å². The Hall–Kier alpha value is -3.51. The first-order chi connectivity index (χ1) is 17.1. The highest BCUT2D eigenvalue weighted by Crippen LogP contribution is 2.34. The quantitative estimate of drug-likeness (QED) is 0.529. The zero-order chi connectivity index (χ0) is 25.5. The van der Waals surface area contributed by atoms with Gasteiger partial charge in [-0.2, -0.15) is 17.5 Å². The van der Waals surface area contributed by atoms with E-state index in [-0.39, 0.29) is 36.6 Å². The lowest BCUT2D eigenvalue weighted by Crippen LogP contribution is -2.49. The maximum Gasteiger partial charge on any atom is 0.471 e. The van der Waals surface area contributed by atoms with Crippen LogP contribution in [0, 0.1) is 0 Å². The van der Waals surface area contributed by atoms with E-state index >= 15 is 0 Å². The van der Waals surface area contributed by atoms with E-state index in [1.54, 1.807) is 0 Å². The Morgan fingerprint density at radius 2 is 1.61 bits per heavy atom. The summed E-state index contributed by atoms with van der Waals surface area (Å²) < 4.78 is 66.5. The lowest BCUT2D eigenvalue weighted by atomic mass is 10.1. The Balaban J connectivity index is 1.29. The molecule has 2 aliphatic rings. The van der Waals surface area contributed by atoms with Crippen LogP contribution >= 0.6 is 0 Å². The number of alkyl halides is 3. The van der Waals surface area contributed by atoms with Crippen LogP contribution in [0.3, 0.4) is 0 Å². The third-order valence-electron chi connectivity index (χ3n) is 6.36. The number of carbonyl (C=O) groups is 1. The molecular weight excluding hydrogens is 495 g/mol. The molecule has 36 heavy (non-hydrogen) atoms. The van der Waals surface area contributed by atoms with E-state index in [1.807, 2.05) is 41.3 Å². The fourth-order valence-corrected chi connectivity index (χ4v) is 5.97. The van der Waals surface area contributed by atoms with Crippen molar-refractivity contribution in [2.24, 2.45) is 0 Å². The van der Waals surface area contributed by atoms with Gasteiger partial charge in [-0.3, -0.25) is 4.79 Å². The number of hydrogen-bond acceptors (Lipinski definition) is 6. The highest BCUT2D eigenvalue weighted by Gasteiger charge is 2.45. The van der Waals surface area contributed by atoms with Crippen molar-refractivity contribution >= 4 is 27.4 Å². The van der Waals surface area contributed by atoms with Crippen LogP contribution in [0.2, 0.25) is 0 Å². The summed E-state index contributed by atoms with van der Waals surface area (Å²) >= 11 is 0. The number of anilines is 2. The lowest BCUT2D eigenvalue weighted by Gasteiger charge is -2.34. The number of benzene rings is 2. The standard InChI is InChI=1S/C24H22F3N5O3S/c25-24(26,27)23(33)32-9-8-18-14-19(6-7-21(18)32)36(34,35)31-12-10-30(11-13-31)22-15-20(28-16-29-22)17-4-2-1-3-5-17/h1-7,14-16H,8-13H2. The van der Waals surface area contributed by atoms with Crippen LogP contribution in [0.15, 0.2) is 65.8 Å². The van der Waals surface area contributed by atoms with E-state index < -0.39 is 22.1 Å². The first-order valence-corrected chi connectivity index (χ1v) is 12.7. The molecule has 0 radical (unpaired) electrons. The summed E-state index contributed by atoms with van der Waals surface area (Å²) in [4.78, 5) is 23.0. The van der Waals surface area contributed by atoms with E-state index in [1.165, 1.54) is 28.8 Å². The zero-order valence-corrected chi connectivity index (χ0v) is 19.8. The fraction of sp³-hybridized carbons (Fsp3) is 0.292. The van der Waals surface area contributed by atoms with Gasteiger partial charge in [-0.05, 0) is 30.2 Å². The van der Waals surface area contributed by atoms with Gasteiger partial charge in [0.15, 0.2) is 0 Å². The van der Waals surface area contributed by atoms with Gasteiger partial charge in [-0.25, -0.2) is 18.4 Å². The van der Waals surface area contributed by atoms with Crippen LogP contribution in [0.5, 0.6) is 0 Å². The third-order valence-corrected chi connectivity index (χ3v) is 8.25. The second-order valence-electron chi connectivity index (χ2n) is 8.51. The molecule has 3 aromatic rings. The zero-order valence-electron chi connectivity index (χ0n) is 19.0. The van der Waals surface area contributed by atoms with Crippen molar-refractivity contribution in [1.82, 2.24) is 14.3 Å². The van der Waals surface area contributed by atoms with Crippen molar-refractivity contribution in [3.8, 4) is 11.3 Å². The van der Waals surface area contributed by atoms with E-state index in [9.17, 15) is 26.4 Å².